The maximum atomic E-state index is 12.0. The van der Waals surface area contributed by atoms with E-state index in [0.29, 0.717) is 13.0 Å². The van der Waals surface area contributed by atoms with Crippen LogP contribution in [0, 0.1) is 0 Å². The van der Waals surface area contributed by atoms with E-state index in [1.807, 2.05) is 0 Å². The van der Waals surface area contributed by atoms with Crippen LogP contribution < -0.4 is 5.32 Å². The lowest BCUT2D eigenvalue weighted by Gasteiger charge is -2.45. The van der Waals surface area contributed by atoms with Crippen LogP contribution in [-0.2, 0) is 16.0 Å². The second kappa shape index (κ2) is 7.57. The molecule has 0 spiro atoms. The van der Waals surface area contributed by atoms with E-state index in [4.69, 9.17) is 4.74 Å². The molecule has 0 aromatic carbocycles. The molecule has 0 unspecified atom stereocenters. The molecule has 2 atom stereocenters. The van der Waals surface area contributed by atoms with Crippen molar-refractivity contribution >= 4 is 17.2 Å². The number of amides is 1. The van der Waals surface area contributed by atoms with Crippen LogP contribution in [0.15, 0.2) is 16.8 Å². The van der Waals surface area contributed by atoms with Crippen molar-refractivity contribution in [1.82, 2.24) is 10.2 Å². The summed E-state index contributed by atoms with van der Waals surface area (Å²) in [6.45, 7) is 11.1. The summed E-state index contributed by atoms with van der Waals surface area (Å²) in [7, 11) is 0. The SMILES string of the molecule is C[C@@H]1CN(C(C)(C)CNC(=O)CCc2ccsc2)C[C@H](C)O1. The first-order valence-electron chi connectivity index (χ1n) is 8.05. The first-order chi connectivity index (χ1) is 10.4. The van der Waals surface area contributed by atoms with Gasteiger partial charge >= 0.3 is 0 Å². The predicted molar refractivity (Wildman–Crippen MR) is 91.3 cm³/mol. The fraction of sp³-hybridized carbons (Fsp3) is 0.706. The van der Waals surface area contributed by atoms with Gasteiger partial charge in [0.2, 0.25) is 5.91 Å². The summed E-state index contributed by atoms with van der Waals surface area (Å²) >= 11 is 1.68. The lowest BCUT2D eigenvalue weighted by molar-refractivity contribution is -0.122. The molecule has 1 N–H and O–H groups in total. The van der Waals surface area contributed by atoms with Crippen molar-refractivity contribution in [3.05, 3.63) is 22.4 Å². The monoisotopic (exact) mass is 324 g/mol. The Balaban J connectivity index is 1.77. The number of carbonyl (C=O) groups is 1. The quantitative estimate of drug-likeness (QED) is 0.875. The molecule has 1 aliphatic heterocycles. The van der Waals surface area contributed by atoms with Crippen LogP contribution in [0.5, 0.6) is 0 Å². The summed E-state index contributed by atoms with van der Waals surface area (Å²) in [6.07, 6.45) is 1.87. The summed E-state index contributed by atoms with van der Waals surface area (Å²) in [5.41, 5.74) is 1.19. The average molecular weight is 324 g/mol. The minimum Gasteiger partial charge on any atom is -0.373 e. The number of hydrogen-bond donors (Lipinski definition) is 1. The zero-order valence-electron chi connectivity index (χ0n) is 14.1. The Morgan fingerprint density at radius 2 is 2.09 bits per heavy atom. The predicted octanol–water partition coefficient (Wildman–Crippen LogP) is 2.68. The molecule has 2 rings (SSSR count). The van der Waals surface area contributed by atoms with Crippen molar-refractivity contribution in [1.29, 1.82) is 0 Å². The van der Waals surface area contributed by atoms with Crippen LogP contribution >= 0.6 is 11.3 Å². The number of hydrogen-bond acceptors (Lipinski definition) is 4. The first-order valence-corrected chi connectivity index (χ1v) is 8.99. The summed E-state index contributed by atoms with van der Waals surface area (Å²) < 4.78 is 5.79. The molecule has 22 heavy (non-hydrogen) atoms. The zero-order valence-corrected chi connectivity index (χ0v) is 14.9. The van der Waals surface area contributed by atoms with Crippen LogP contribution in [-0.4, -0.2) is 48.2 Å². The van der Waals surface area contributed by atoms with Crippen LogP contribution in [0.25, 0.3) is 0 Å². The molecular formula is C17H28N2O2S. The van der Waals surface area contributed by atoms with Gasteiger partial charge in [-0.2, -0.15) is 11.3 Å². The van der Waals surface area contributed by atoms with Gasteiger partial charge in [0.05, 0.1) is 12.2 Å². The van der Waals surface area contributed by atoms with E-state index in [1.54, 1.807) is 11.3 Å². The van der Waals surface area contributed by atoms with E-state index in [0.717, 1.165) is 19.5 Å². The van der Waals surface area contributed by atoms with E-state index >= 15 is 0 Å². The third kappa shape index (κ3) is 5.07. The summed E-state index contributed by atoms with van der Waals surface area (Å²) in [5, 5.41) is 7.25. The number of ether oxygens (including phenoxy) is 1. The van der Waals surface area contributed by atoms with Gasteiger partial charge < -0.3 is 10.1 Å². The van der Waals surface area contributed by atoms with Crippen molar-refractivity contribution in [3.8, 4) is 0 Å². The number of carbonyl (C=O) groups excluding carboxylic acids is 1. The van der Waals surface area contributed by atoms with Crippen molar-refractivity contribution < 1.29 is 9.53 Å². The lowest BCUT2D eigenvalue weighted by Crippen LogP contribution is -2.58. The Bertz CT molecular complexity index is 463. The van der Waals surface area contributed by atoms with E-state index in [-0.39, 0.29) is 23.7 Å². The van der Waals surface area contributed by atoms with Crippen LogP contribution in [0.2, 0.25) is 0 Å². The first kappa shape index (κ1) is 17.4. The van der Waals surface area contributed by atoms with Gasteiger partial charge in [0.1, 0.15) is 0 Å². The number of nitrogens with one attached hydrogen (secondary N) is 1. The third-order valence-corrected chi connectivity index (χ3v) is 4.95. The highest BCUT2D eigenvalue weighted by atomic mass is 32.1. The lowest BCUT2D eigenvalue weighted by atomic mass is 10.00. The Kier molecular flexibility index (Phi) is 6.01. The number of thiophene rings is 1. The molecule has 1 amide bonds. The molecule has 1 saturated heterocycles. The fourth-order valence-corrected chi connectivity index (χ4v) is 3.58. The number of nitrogens with zero attached hydrogens (tertiary/aromatic N) is 1. The second-order valence-corrected chi connectivity index (χ2v) is 7.66. The summed E-state index contributed by atoms with van der Waals surface area (Å²) in [4.78, 5) is 14.5. The number of aryl methyl sites for hydroxylation is 1. The largest absolute Gasteiger partial charge is 0.373 e. The van der Waals surface area contributed by atoms with Gasteiger partial charge in [-0.1, -0.05) is 0 Å². The fourth-order valence-electron chi connectivity index (χ4n) is 2.88. The third-order valence-electron chi connectivity index (χ3n) is 4.21. The Hall–Kier alpha value is -0.910. The molecule has 2 heterocycles. The molecule has 1 fully saturated rings. The van der Waals surface area contributed by atoms with Gasteiger partial charge in [0.25, 0.3) is 0 Å². The summed E-state index contributed by atoms with van der Waals surface area (Å²) in [5.74, 6) is 0.133. The van der Waals surface area contributed by atoms with Gasteiger partial charge in [0.15, 0.2) is 0 Å². The normalized spacial score (nSPS) is 23.5. The van der Waals surface area contributed by atoms with E-state index in [2.05, 4.69) is 54.7 Å². The summed E-state index contributed by atoms with van der Waals surface area (Å²) in [6, 6.07) is 2.08. The topological polar surface area (TPSA) is 41.6 Å². The average Bonchev–Trinajstić information content (AvgIpc) is 2.95. The van der Waals surface area contributed by atoms with Crippen LogP contribution in [0.4, 0.5) is 0 Å². The Morgan fingerprint density at radius 1 is 1.41 bits per heavy atom. The molecule has 1 aliphatic rings. The standard InChI is InChI=1S/C17H28N2O2S/c1-13-9-19(10-14(2)21-13)17(3,4)12-18-16(20)6-5-15-7-8-22-11-15/h7-8,11,13-14H,5-6,9-10,12H2,1-4H3,(H,18,20)/t13-,14+. The number of morpholine rings is 1. The molecule has 1 aromatic heterocycles. The molecule has 4 nitrogen and oxygen atoms in total. The van der Waals surface area contributed by atoms with Crippen LogP contribution in [0.3, 0.4) is 0 Å². The van der Waals surface area contributed by atoms with Crippen molar-refractivity contribution in [2.24, 2.45) is 0 Å². The van der Waals surface area contributed by atoms with Crippen molar-refractivity contribution in [2.75, 3.05) is 19.6 Å². The van der Waals surface area contributed by atoms with Crippen molar-refractivity contribution in [2.45, 2.75) is 58.3 Å². The van der Waals surface area contributed by atoms with Crippen LogP contribution in [0.1, 0.15) is 39.7 Å². The zero-order chi connectivity index (χ0) is 16.2. The molecule has 0 saturated carbocycles. The molecule has 0 radical (unpaired) electrons. The smallest absolute Gasteiger partial charge is 0.220 e. The van der Waals surface area contributed by atoms with E-state index in [1.165, 1.54) is 5.56 Å². The molecule has 5 heteroatoms. The molecular weight excluding hydrogens is 296 g/mol. The van der Waals surface area contributed by atoms with Gasteiger partial charge in [-0.25, -0.2) is 0 Å². The van der Waals surface area contributed by atoms with Gasteiger partial charge in [0, 0.05) is 31.6 Å². The Labute approximate surface area is 137 Å². The van der Waals surface area contributed by atoms with E-state index in [9.17, 15) is 4.79 Å². The maximum absolute atomic E-state index is 12.0. The maximum Gasteiger partial charge on any atom is 0.220 e. The van der Waals surface area contributed by atoms with Crippen molar-refractivity contribution in [3.63, 3.8) is 0 Å². The highest BCUT2D eigenvalue weighted by molar-refractivity contribution is 7.07. The van der Waals surface area contributed by atoms with E-state index < -0.39 is 0 Å². The highest BCUT2D eigenvalue weighted by Gasteiger charge is 2.33. The molecule has 1 aromatic rings. The molecule has 124 valence electrons. The van der Waals surface area contributed by atoms with Gasteiger partial charge in [-0.15, -0.1) is 0 Å². The molecule has 0 aliphatic carbocycles. The Morgan fingerprint density at radius 3 is 2.68 bits per heavy atom. The van der Waals surface area contributed by atoms with Gasteiger partial charge in [-0.05, 0) is 56.5 Å². The number of rotatable bonds is 6. The minimum absolute atomic E-state index is 0.0512. The second-order valence-electron chi connectivity index (χ2n) is 6.88. The highest BCUT2D eigenvalue weighted by Crippen LogP contribution is 2.20. The minimum atomic E-state index is -0.0512. The molecule has 0 bridgehead atoms. The van der Waals surface area contributed by atoms with Gasteiger partial charge in [-0.3, -0.25) is 9.69 Å².